The molecule has 3 heterocycles. The lowest BCUT2D eigenvalue weighted by Crippen LogP contribution is -2.46. The van der Waals surface area contributed by atoms with Gasteiger partial charge in [0.05, 0.1) is 22.8 Å². The second kappa shape index (κ2) is 9.15. The largest absolute Gasteiger partial charge is 0.332 e. The van der Waals surface area contributed by atoms with E-state index in [4.69, 9.17) is 4.98 Å². The normalized spacial score (nSPS) is 16.2. The molecule has 0 N–H and O–H groups in total. The summed E-state index contributed by atoms with van der Waals surface area (Å²) in [6.45, 7) is 0.667. The molecule has 0 spiro atoms. The molecule has 33 heavy (non-hydrogen) atoms. The predicted molar refractivity (Wildman–Crippen MR) is 128 cm³/mol. The summed E-state index contributed by atoms with van der Waals surface area (Å²) < 4.78 is 3.59. The molecule has 0 saturated carbocycles. The Kier molecular flexibility index (Phi) is 5.92. The second-order valence-electron chi connectivity index (χ2n) is 8.25. The van der Waals surface area contributed by atoms with E-state index in [2.05, 4.69) is 0 Å². The summed E-state index contributed by atoms with van der Waals surface area (Å²) >= 11 is 1.60. The maximum absolute atomic E-state index is 13.3. The van der Waals surface area contributed by atoms with E-state index in [0.29, 0.717) is 13.1 Å². The van der Waals surface area contributed by atoms with Crippen LogP contribution in [0.25, 0.3) is 10.2 Å². The SMILES string of the molecule is O=C(Cn1c(=O)ccn(Cc2ccccc2)c1=O)N1CCCC[C@H]1c1nc2ccccc2s1. The Hall–Kier alpha value is -3.52. The first-order chi connectivity index (χ1) is 16.1. The molecule has 2 aromatic heterocycles. The lowest BCUT2D eigenvalue weighted by atomic mass is 10.0. The summed E-state index contributed by atoms with van der Waals surface area (Å²) in [6, 6.07) is 18.7. The average molecular weight is 461 g/mol. The van der Waals surface area contributed by atoms with Crippen molar-refractivity contribution in [3.8, 4) is 0 Å². The van der Waals surface area contributed by atoms with Gasteiger partial charge in [-0.2, -0.15) is 0 Å². The molecule has 168 valence electrons. The number of aromatic nitrogens is 3. The topological polar surface area (TPSA) is 77.2 Å². The molecule has 0 radical (unpaired) electrons. The second-order valence-corrected chi connectivity index (χ2v) is 9.32. The van der Waals surface area contributed by atoms with Gasteiger partial charge in [0.15, 0.2) is 0 Å². The fraction of sp³-hybridized carbons (Fsp3) is 0.280. The number of likely N-dealkylation sites (tertiary alicyclic amines) is 1. The highest BCUT2D eigenvalue weighted by Crippen LogP contribution is 2.35. The lowest BCUT2D eigenvalue weighted by molar-refractivity contribution is -0.135. The number of carbonyl (C=O) groups is 1. The van der Waals surface area contributed by atoms with Crippen molar-refractivity contribution in [1.29, 1.82) is 0 Å². The van der Waals surface area contributed by atoms with Crippen molar-refractivity contribution in [3.63, 3.8) is 0 Å². The molecule has 1 aliphatic heterocycles. The van der Waals surface area contributed by atoms with Crippen molar-refractivity contribution in [2.45, 2.75) is 38.4 Å². The van der Waals surface area contributed by atoms with E-state index >= 15 is 0 Å². The summed E-state index contributed by atoms with van der Waals surface area (Å²) in [5.74, 6) is -0.226. The molecule has 0 unspecified atom stereocenters. The number of piperidine rings is 1. The average Bonchev–Trinajstić information content (AvgIpc) is 3.28. The first kappa shape index (κ1) is 21.3. The van der Waals surface area contributed by atoms with Gasteiger partial charge in [-0.05, 0) is 37.0 Å². The minimum absolute atomic E-state index is 0.130. The van der Waals surface area contributed by atoms with Gasteiger partial charge in [0.1, 0.15) is 11.6 Å². The van der Waals surface area contributed by atoms with Crippen LogP contribution in [0.3, 0.4) is 0 Å². The molecule has 4 aromatic rings. The molecule has 0 bridgehead atoms. The Balaban J connectivity index is 1.41. The number of para-hydroxylation sites is 1. The molecular formula is C25H24N4O3S. The van der Waals surface area contributed by atoms with Gasteiger partial charge < -0.3 is 4.90 Å². The molecule has 1 aliphatic rings. The highest BCUT2D eigenvalue weighted by atomic mass is 32.1. The van der Waals surface area contributed by atoms with Gasteiger partial charge >= 0.3 is 5.69 Å². The zero-order chi connectivity index (χ0) is 22.8. The summed E-state index contributed by atoms with van der Waals surface area (Å²) in [7, 11) is 0. The fourth-order valence-electron chi connectivity index (χ4n) is 4.35. The third kappa shape index (κ3) is 4.39. The van der Waals surface area contributed by atoms with E-state index in [1.807, 2.05) is 54.6 Å². The Labute approximate surface area is 194 Å². The van der Waals surface area contributed by atoms with Crippen molar-refractivity contribution in [1.82, 2.24) is 19.0 Å². The van der Waals surface area contributed by atoms with Gasteiger partial charge in [-0.15, -0.1) is 11.3 Å². The van der Waals surface area contributed by atoms with Crippen LogP contribution in [-0.2, 0) is 17.9 Å². The van der Waals surface area contributed by atoms with Crippen LogP contribution in [-0.4, -0.2) is 31.5 Å². The number of hydrogen-bond acceptors (Lipinski definition) is 5. The van der Waals surface area contributed by atoms with Crippen molar-refractivity contribution >= 4 is 27.5 Å². The number of amides is 1. The number of thiazole rings is 1. The number of hydrogen-bond donors (Lipinski definition) is 0. The lowest BCUT2D eigenvalue weighted by Gasteiger charge is -2.34. The summed E-state index contributed by atoms with van der Waals surface area (Å²) in [5.41, 5.74) is 0.932. The van der Waals surface area contributed by atoms with E-state index in [0.717, 1.165) is 44.6 Å². The molecule has 0 aliphatic carbocycles. The molecule has 1 saturated heterocycles. The standard InChI is InChI=1S/C25H24N4O3S/c30-22-13-15-27(16-18-8-2-1-3-9-18)25(32)29(22)17-23(31)28-14-7-6-11-20(28)24-26-19-10-4-5-12-21(19)33-24/h1-5,8-10,12-13,15,20H,6-7,11,14,16-17H2/t20-/m0/s1. The zero-order valence-electron chi connectivity index (χ0n) is 18.1. The van der Waals surface area contributed by atoms with Crippen LogP contribution in [0.4, 0.5) is 0 Å². The summed E-state index contributed by atoms with van der Waals surface area (Å²) in [5, 5.41) is 0.908. The molecule has 5 rings (SSSR count). The van der Waals surface area contributed by atoms with Crippen LogP contribution in [0.15, 0.2) is 76.4 Å². The molecule has 8 heteroatoms. The predicted octanol–water partition coefficient (Wildman–Crippen LogP) is 3.42. The Morgan fingerprint density at radius 3 is 2.61 bits per heavy atom. The smallest absolute Gasteiger partial charge is 0.331 e. The zero-order valence-corrected chi connectivity index (χ0v) is 18.9. The first-order valence-electron chi connectivity index (χ1n) is 11.1. The third-order valence-corrected chi connectivity index (χ3v) is 7.19. The van der Waals surface area contributed by atoms with Crippen molar-refractivity contribution in [2.24, 2.45) is 0 Å². The quantitative estimate of drug-likeness (QED) is 0.457. The number of rotatable bonds is 5. The highest BCUT2D eigenvalue weighted by molar-refractivity contribution is 7.18. The molecule has 1 amide bonds. The van der Waals surface area contributed by atoms with Gasteiger partial charge in [-0.1, -0.05) is 42.5 Å². The Bertz CT molecular complexity index is 1370. The van der Waals surface area contributed by atoms with Gasteiger partial charge in [-0.3, -0.25) is 18.7 Å². The van der Waals surface area contributed by atoms with Crippen LogP contribution in [0, 0.1) is 0 Å². The van der Waals surface area contributed by atoms with E-state index in [9.17, 15) is 14.4 Å². The van der Waals surface area contributed by atoms with Gasteiger partial charge in [0.2, 0.25) is 5.91 Å². The molecular weight excluding hydrogens is 436 g/mol. The molecule has 2 aromatic carbocycles. The number of fused-ring (bicyclic) bond motifs is 1. The van der Waals surface area contributed by atoms with E-state index in [1.54, 1.807) is 16.2 Å². The van der Waals surface area contributed by atoms with Crippen molar-refractivity contribution in [2.75, 3.05) is 6.54 Å². The Morgan fingerprint density at radius 1 is 1.00 bits per heavy atom. The van der Waals surface area contributed by atoms with E-state index < -0.39 is 11.2 Å². The number of nitrogens with zero attached hydrogens (tertiary/aromatic N) is 4. The number of benzene rings is 2. The van der Waals surface area contributed by atoms with Crippen LogP contribution in [0.1, 0.15) is 35.9 Å². The summed E-state index contributed by atoms with van der Waals surface area (Å²) in [4.78, 5) is 45.4. The van der Waals surface area contributed by atoms with Gasteiger partial charge in [0.25, 0.3) is 5.56 Å². The minimum Gasteiger partial charge on any atom is -0.332 e. The third-order valence-electron chi connectivity index (χ3n) is 6.05. The van der Waals surface area contributed by atoms with Crippen molar-refractivity contribution in [3.05, 3.63) is 98.3 Å². The van der Waals surface area contributed by atoms with Crippen LogP contribution in [0.5, 0.6) is 0 Å². The van der Waals surface area contributed by atoms with E-state index in [1.165, 1.54) is 16.8 Å². The van der Waals surface area contributed by atoms with E-state index in [-0.39, 0.29) is 18.5 Å². The number of carbonyl (C=O) groups excluding carboxylic acids is 1. The van der Waals surface area contributed by atoms with Crippen LogP contribution >= 0.6 is 11.3 Å². The molecule has 1 atom stereocenters. The monoisotopic (exact) mass is 460 g/mol. The Morgan fingerprint density at radius 2 is 1.79 bits per heavy atom. The molecule has 1 fully saturated rings. The fourth-order valence-corrected chi connectivity index (χ4v) is 5.46. The first-order valence-corrected chi connectivity index (χ1v) is 11.9. The minimum atomic E-state index is -0.478. The van der Waals surface area contributed by atoms with Gasteiger partial charge in [0, 0.05) is 18.8 Å². The molecule has 7 nitrogen and oxygen atoms in total. The summed E-state index contributed by atoms with van der Waals surface area (Å²) in [6.07, 6.45) is 4.23. The van der Waals surface area contributed by atoms with Gasteiger partial charge in [-0.25, -0.2) is 9.78 Å². The van der Waals surface area contributed by atoms with Crippen LogP contribution < -0.4 is 11.2 Å². The maximum atomic E-state index is 13.3. The maximum Gasteiger partial charge on any atom is 0.331 e. The van der Waals surface area contributed by atoms with Crippen LogP contribution in [0.2, 0.25) is 0 Å². The van der Waals surface area contributed by atoms with Crippen molar-refractivity contribution < 1.29 is 4.79 Å². The highest BCUT2D eigenvalue weighted by Gasteiger charge is 2.30.